The maximum Gasteiger partial charge on any atom is 0.194 e. The van der Waals surface area contributed by atoms with Gasteiger partial charge in [-0.3, -0.25) is 4.79 Å². The Bertz CT molecular complexity index is 699. The van der Waals surface area contributed by atoms with Crippen molar-refractivity contribution in [3.63, 3.8) is 0 Å². The van der Waals surface area contributed by atoms with Gasteiger partial charge in [-0.2, -0.15) is 0 Å². The van der Waals surface area contributed by atoms with Crippen molar-refractivity contribution in [2.24, 2.45) is 0 Å². The van der Waals surface area contributed by atoms with Crippen LogP contribution in [0.2, 0.25) is 5.02 Å². The minimum absolute atomic E-state index is 0.0988. The summed E-state index contributed by atoms with van der Waals surface area (Å²) in [7, 11) is 0. The van der Waals surface area contributed by atoms with Crippen molar-refractivity contribution in [2.75, 3.05) is 13.2 Å². The molecule has 2 aromatic rings. The van der Waals surface area contributed by atoms with E-state index in [0.717, 1.165) is 16.8 Å². The summed E-state index contributed by atoms with van der Waals surface area (Å²) in [6.07, 6.45) is 2.55. The maximum atomic E-state index is 12.5. The van der Waals surface area contributed by atoms with E-state index < -0.39 is 0 Å². The van der Waals surface area contributed by atoms with Crippen LogP contribution >= 0.6 is 27.5 Å². The van der Waals surface area contributed by atoms with Gasteiger partial charge in [-0.05, 0) is 55.3 Å². The molecule has 1 aliphatic carbocycles. The molecule has 23 heavy (non-hydrogen) atoms. The molecular formula is C18H17BrClNO2. The average Bonchev–Trinajstić information content (AvgIpc) is 3.38. The van der Waals surface area contributed by atoms with E-state index in [4.69, 9.17) is 16.3 Å². The molecule has 120 valence electrons. The second-order valence-corrected chi connectivity index (χ2v) is 6.88. The zero-order valence-corrected chi connectivity index (χ0v) is 14.9. The third kappa shape index (κ3) is 4.56. The fourth-order valence-electron chi connectivity index (χ4n) is 2.25. The highest BCUT2D eigenvalue weighted by molar-refractivity contribution is 9.10. The summed E-state index contributed by atoms with van der Waals surface area (Å²) in [5.41, 5.74) is 1.08. The first-order valence-corrected chi connectivity index (χ1v) is 8.76. The molecule has 0 aliphatic heterocycles. The molecule has 0 aromatic heterocycles. The Morgan fingerprint density at radius 2 is 1.96 bits per heavy atom. The number of carbonyl (C=O) groups is 1. The summed E-state index contributed by atoms with van der Waals surface area (Å²) >= 11 is 9.48. The van der Waals surface area contributed by atoms with E-state index >= 15 is 0 Å². The predicted octanol–water partition coefficient (Wildman–Crippen LogP) is 4.46. The van der Waals surface area contributed by atoms with E-state index in [0.29, 0.717) is 28.8 Å². The van der Waals surface area contributed by atoms with Gasteiger partial charge in [0.25, 0.3) is 0 Å². The Balaban J connectivity index is 1.61. The van der Waals surface area contributed by atoms with Gasteiger partial charge in [-0.1, -0.05) is 27.5 Å². The quantitative estimate of drug-likeness (QED) is 0.556. The van der Waals surface area contributed by atoms with E-state index in [1.807, 2.05) is 18.2 Å². The molecule has 2 aromatic carbocycles. The molecule has 3 nitrogen and oxygen atoms in total. The minimum Gasteiger partial charge on any atom is -0.492 e. The van der Waals surface area contributed by atoms with Crippen molar-refractivity contribution in [3.8, 4) is 5.75 Å². The number of benzene rings is 2. The van der Waals surface area contributed by atoms with Crippen LogP contribution in [0.1, 0.15) is 28.8 Å². The molecule has 1 aliphatic rings. The van der Waals surface area contributed by atoms with E-state index in [-0.39, 0.29) is 5.78 Å². The SMILES string of the molecule is O=C(c1ccc(OCCNC2CC2)cc1)c1cc(Br)ccc1Cl. The van der Waals surface area contributed by atoms with Crippen LogP contribution in [0.3, 0.4) is 0 Å². The number of ketones is 1. The van der Waals surface area contributed by atoms with E-state index in [1.54, 1.807) is 24.3 Å². The minimum atomic E-state index is -0.0988. The van der Waals surface area contributed by atoms with Crippen LogP contribution in [-0.2, 0) is 0 Å². The first kappa shape index (κ1) is 16.5. The predicted molar refractivity (Wildman–Crippen MR) is 95.5 cm³/mol. The number of carbonyl (C=O) groups excluding carboxylic acids is 1. The lowest BCUT2D eigenvalue weighted by atomic mass is 10.0. The number of ether oxygens (including phenoxy) is 1. The van der Waals surface area contributed by atoms with Gasteiger partial charge < -0.3 is 10.1 Å². The molecule has 0 spiro atoms. The highest BCUT2D eigenvalue weighted by atomic mass is 79.9. The standard InChI is InChI=1S/C18H17BrClNO2/c19-13-3-8-17(20)16(11-13)18(22)12-1-6-15(7-2-12)23-10-9-21-14-4-5-14/h1-3,6-8,11,14,21H,4-5,9-10H2. The highest BCUT2D eigenvalue weighted by Crippen LogP contribution is 2.24. The lowest BCUT2D eigenvalue weighted by Crippen LogP contribution is -2.22. The molecule has 0 saturated heterocycles. The smallest absolute Gasteiger partial charge is 0.194 e. The first-order valence-electron chi connectivity index (χ1n) is 7.59. The number of hydrogen-bond acceptors (Lipinski definition) is 3. The van der Waals surface area contributed by atoms with Gasteiger partial charge in [0.1, 0.15) is 12.4 Å². The molecule has 1 fully saturated rings. The number of hydrogen-bond donors (Lipinski definition) is 1. The van der Waals surface area contributed by atoms with Crippen molar-refractivity contribution in [1.82, 2.24) is 5.32 Å². The van der Waals surface area contributed by atoms with Gasteiger partial charge in [-0.15, -0.1) is 0 Å². The summed E-state index contributed by atoms with van der Waals surface area (Å²) in [6, 6.07) is 13.1. The second kappa shape index (κ2) is 7.47. The molecule has 0 radical (unpaired) electrons. The van der Waals surface area contributed by atoms with Crippen LogP contribution in [0.5, 0.6) is 5.75 Å². The van der Waals surface area contributed by atoms with Gasteiger partial charge in [0, 0.05) is 28.2 Å². The van der Waals surface area contributed by atoms with Gasteiger partial charge in [-0.25, -0.2) is 0 Å². The molecule has 1 saturated carbocycles. The molecule has 0 heterocycles. The van der Waals surface area contributed by atoms with Gasteiger partial charge in [0.05, 0.1) is 5.02 Å². The van der Waals surface area contributed by atoms with E-state index in [9.17, 15) is 4.79 Å². The van der Waals surface area contributed by atoms with Gasteiger partial charge in [0.15, 0.2) is 5.78 Å². The summed E-state index contributed by atoms with van der Waals surface area (Å²) < 4.78 is 6.49. The fourth-order valence-corrected chi connectivity index (χ4v) is 2.81. The fraction of sp³-hybridized carbons (Fsp3) is 0.278. The van der Waals surface area contributed by atoms with Crippen molar-refractivity contribution < 1.29 is 9.53 Å². The first-order chi connectivity index (χ1) is 11.1. The monoisotopic (exact) mass is 393 g/mol. The molecular weight excluding hydrogens is 378 g/mol. The van der Waals surface area contributed by atoms with E-state index in [2.05, 4.69) is 21.2 Å². The Morgan fingerprint density at radius 1 is 1.22 bits per heavy atom. The molecule has 3 rings (SSSR count). The Morgan fingerprint density at radius 3 is 2.65 bits per heavy atom. The second-order valence-electron chi connectivity index (χ2n) is 5.55. The highest BCUT2D eigenvalue weighted by Gasteiger charge is 2.19. The number of halogens is 2. The molecule has 0 bridgehead atoms. The molecule has 0 unspecified atom stereocenters. The molecule has 0 atom stereocenters. The summed E-state index contributed by atoms with van der Waals surface area (Å²) in [4.78, 5) is 12.5. The number of nitrogens with one attached hydrogen (secondary N) is 1. The Labute approximate surface area is 149 Å². The van der Waals surface area contributed by atoms with Crippen LogP contribution in [0.4, 0.5) is 0 Å². The van der Waals surface area contributed by atoms with Crippen LogP contribution < -0.4 is 10.1 Å². The zero-order chi connectivity index (χ0) is 16.2. The summed E-state index contributed by atoms with van der Waals surface area (Å²) in [5.74, 6) is 0.665. The Hall–Kier alpha value is -1.36. The normalized spacial score (nSPS) is 13.8. The zero-order valence-electron chi connectivity index (χ0n) is 12.5. The van der Waals surface area contributed by atoms with Gasteiger partial charge >= 0.3 is 0 Å². The van der Waals surface area contributed by atoms with Gasteiger partial charge in [0.2, 0.25) is 0 Å². The third-order valence-electron chi connectivity index (χ3n) is 3.67. The van der Waals surface area contributed by atoms with Crippen LogP contribution in [0.25, 0.3) is 0 Å². The van der Waals surface area contributed by atoms with E-state index in [1.165, 1.54) is 12.8 Å². The van der Waals surface area contributed by atoms with Crippen LogP contribution in [-0.4, -0.2) is 25.0 Å². The average molecular weight is 395 g/mol. The third-order valence-corrected chi connectivity index (χ3v) is 4.49. The topological polar surface area (TPSA) is 38.3 Å². The van der Waals surface area contributed by atoms with Crippen LogP contribution in [0.15, 0.2) is 46.9 Å². The van der Waals surface area contributed by atoms with Crippen LogP contribution in [0, 0.1) is 0 Å². The maximum absolute atomic E-state index is 12.5. The molecule has 0 amide bonds. The van der Waals surface area contributed by atoms with Crippen molar-refractivity contribution in [1.29, 1.82) is 0 Å². The molecule has 1 N–H and O–H groups in total. The lowest BCUT2D eigenvalue weighted by molar-refractivity contribution is 0.103. The Kier molecular flexibility index (Phi) is 5.36. The number of rotatable bonds is 7. The molecule has 5 heteroatoms. The van der Waals surface area contributed by atoms with Crippen molar-refractivity contribution in [2.45, 2.75) is 18.9 Å². The lowest BCUT2D eigenvalue weighted by Gasteiger charge is -2.08. The van der Waals surface area contributed by atoms with Crippen molar-refractivity contribution >= 4 is 33.3 Å². The largest absolute Gasteiger partial charge is 0.492 e. The summed E-state index contributed by atoms with van der Waals surface area (Å²) in [6.45, 7) is 1.47. The van der Waals surface area contributed by atoms with Crippen molar-refractivity contribution in [3.05, 3.63) is 63.1 Å². The summed E-state index contributed by atoms with van der Waals surface area (Å²) in [5, 5.41) is 3.84.